The summed E-state index contributed by atoms with van der Waals surface area (Å²) in [6, 6.07) is 8.22. The van der Waals surface area contributed by atoms with Crippen molar-refractivity contribution in [3.63, 3.8) is 0 Å². The Morgan fingerprint density at radius 3 is 2.20 bits per heavy atom. The molecule has 0 saturated heterocycles. The number of hydrogen-bond donors (Lipinski definition) is 2. The summed E-state index contributed by atoms with van der Waals surface area (Å²) in [5, 5.41) is 5.12. The molecule has 0 aliphatic heterocycles. The molecule has 2 amide bonds. The lowest BCUT2D eigenvalue weighted by atomic mass is 9.84. The fourth-order valence-corrected chi connectivity index (χ4v) is 4.60. The van der Waals surface area contributed by atoms with Crippen molar-refractivity contribution in [1.82, 2.24) is 10.6 Å². The molecule has 0 radical (unpaired) electrons. The number of esters is 2. The van der Waals surface area contributed by atoms with E-state index in [4.69, 9.17) is 14.2 Å². The number of rotatable bonds is 17. The second kappa shape index (κ2) is 18.4. The quantitative estimate of drug-likeness (QED) is 0.134. The van der Waals surface area contributed by atoms with Gasteiger partial charge in [-0.1, -0.05) is 90.1 Å². The van der Waals surface area contributed by atoms with Crippen LogP contribution in [-0.4, -0.2) is 48.2 Å². The van der Waals surface area contributed by atoms with Crippen molar-refractivity contribution in [3.8, 4) is 0 Å². The van der Waals surface area contributed by atoms with Crippen LogP contribution in [0.25, 0.3) is 0 Å². The lowest BCUT2D eigenvalue weighted by molar-refractivity contribution is -0.161. The largest absolute Gasteiger partial charge is 0.460 e. The SMILES string of the molecule is CCCCCC[C@H](C)C[C@H](C)[C@@H](OC(=O)[C@H](C)NC(=O)OCc1ccccc1)[C@@H](C)C(=O)NCC(=O)OC(C)(C)C. The summed E-state index contributed by atoms with van der Waals surface area (Å²) in [5.74, 6) is -2.13. The van der Waals surface area contributed by atoms with E-state index in [9.17, 15) is 19.2 Å². The molecule has 0 unspecified atom stereocenters. The van der Waals surface area contributed by atoms with Gasteiger partial charge in [-0.2, -0.15) is 0 Å². The van der Waals surface area contributed by atoms with Crippen LogP contribution >= 0.6 is 0 Å². The number of hydrogen-bond acceptors (Lipinski definition) is 7. The van der Waals surface area contributed by atoms with Gasteiger partial charge in [-0.05, 0) is 51.5 Å². The number of ether oxygens (including phenoxy) is 3. The highest BCUT2D eigenvalue weighted by atomic mass is 16.6. The van der Waals surface area contributed by atoms with Crippen molar-refractivity contribution in [2.24, 2.45) is 17.8 Å². The van der Waals surface area contributed by atoms with E-state index in [0.29, 0.717) is 5.92 Å². The Morgan fingerprint density at radius 2 is 1.59 bits per heavy atom. The minimum atomic E-state index is -0.989. The average Bonchev–Trinajstić information content (AvgIpc) is 2.90. The molecule has 0 aliphatic rings. The molecule has 0 bridgehead atoms. The van der Waals surface area contributed by atoms with Crippen LogP contribution in [0.1, 0.15) is 99.5 Å². The van der Waals surface area contributed by atoms with E-state index >= 15 is 0 Å². The number of nitrogens with one attached hydrogen (secondary N) is 2. The predicted octanol–water partition coefficient (Wildman–Crippen LogP) is 5.94. The first-order chi connectivity index (χ1) is 19.2. The van der Waals surface area contributed by atoms with Gasteiger partial charge in [-0.25, -0.2) is 9.59 Å². The number of carbonyl (C=O) groups excluding carboxylic acids is 4. The van der Waals surface area contributed by atoms with E-state index < -0.39 is 47.6 Å². The molecule has 0 spiro atoms. The zero-order chi connectivity index (χ0) is 31.0. The molecule has 1 aromatic carbocycles. The Bertz CT molecular complexity index is 945. The van der Waals surface area contributed by atoms with Gasteiger partial charge in [0.05, 0.1) is 5.92 Å². The maximum Gasteiger partial charge on any atom is 0.408 e. The van der Waals surface area contributed by atoms with E-state index in [1.807, 2.05) is 37.3 Å². The van der Waals surface area contributed by atoms with Crippen LogP contribution in [0.5, 0.6) is 0 Å². The molecule has 5 atom stereocenters. The zero-order valence-electron chi connectivity index (χ0n) is 26.3. The fraction of sp³-hybridized carbons (Fsp3) is 0.688. The normalized spacial score (nSPS) is 15.0. The highest BCUT2D eigenvalue weighted by molar-refractivity contribution is 5.85. The van der Waals surface area contributed by atoms with Crippen molar-refractivity contribution in [1.29, 1.82) is 0 Å². The molecular formula is C32H52N2O7. The standard InChI is InChI=1S/C32H52N2O7/c1-9-10-11-13-16-22(2)19-23(3)28(24(4)29(36)33-20-27(35)41-32(6,7)8)40-30(37)25(5)34-31(38)39-21-26-17-14-12-15-18-26/h12,14-15,17-18,22-25,28H,9-11,13,16,19-21H2,1-8H3,(H,33,36)(H,34,38)/t22-,23-,24+,25-,28+/m0/s1. The Labute approximate surface area is 246 Å². The Kier molecular flexibility index (Phi) is 16.1. The minimum Gasteiger partial charge on any atom is -0.460 e. The second-order valence-electron chi connectivity index (χ2n) is 12.1. The van der Waals surface area contributed by atoms with Crippen molar-refractivity contribution < 1.29 is 33.4 Å². The summed E-state index contributed by atoms with van der Waals surface area (Å²) < 4.78 is 16.4. The summed E-state index contributed by atoms with van der Waals surface area (Å²) in [7, 11) is 0. The summed E-state index contributed by atoms with van der Waals surface area (Å²) in [6.07, 6.45) is 4.99. The van der Waals surface area contributed by atoms with Gasteiger partial charge in [-0.15, -0.1) is 0 Å². The Balaban J connectivity index is 2.84. The third-order valence-electron chi connectivity index (χ3n) is 6.77. The van der Waals surface area contributed by atoms with Gasteiger partial charge in [0.2, 0.25) is 5.91 Å². The van der Waals surface area contributed by atoms with Crippen molar-refractivity contribution in [2.45, 2.75) is 118 Å². The lowest BCUT2D eigenvalue weighted by Crippen LogP contribution is -2.47. The molecule has 0 heterocycles. The van der Waals surface area contributed by atoms with Gasteiger partial charge >= 0.3 is 18.0 Å². The van der Waals surface area contributed by atoms with E-state index in [-0.39, 0.29) is 19.1 Å². The van der Waals surface area contributed by atoms with Crippen molar-refractivity contribution >= 4 is 23.9 Å². The molecule has 41 heavy (non-hydrogen) atoms. The maximum atomic E-state index is 13.0. The summed E-state index contributed by atoms with van der Waals surface area (Å²) in [6.45, 7) is 14.5. The van der Waals surface area contributed by atoms with Crippen LogP contribution in [-0.2, 0) is 35.2 Å². The number of alkyl carbamates (subject to hydrolysis) is 1. The molecule has 2 N–H and O–H groups in total. The molecule has 0 fully saturated rings. The zero-order valence-corrected chi connectivity index (χ0v) is 26.3. The number of carbonyl (C=O) groups is 4. The Morgan fingerprint density at radius 1 is 0.927 bits per heavy atom. The van der Waals surface area contributed by atoms with E-state index in [0.717, 1.165) is 24.8 Å². The molecule has 0 saturated carbocycles. The fourth-order valence-electron chi connectivity index (χ4n) is 4.60. The van der Waals surface area contributed by atoms with Crippen LogP contribution in [0.3, 0.4) is 0 Å². The van der Waals surface area contributed by atoms with E-state index in [1.165, 1.54) is 26.2 Å². The van der Waals surface area contributed by atoms with Crippen LogP contribution < -0.4 is 10.6 Å². The second-order valence-corrected chi connectivity index (χ2v) is 12.1. The van der Waals surface area contributed by atoms with Crippen molar-refractivity contribution in [3.05, 3.63) is 35.9 Å². The van der Waals surface area contributed by atoms with Gasteiger partial charge in [-0.3, -0.25) is 9.59 Å². The monoisotopic (exact) mass is 576 g/mol. The molecule has 1 rings (SSSR count). The van der Waals surface area contributed by atoms with E-state index in [2.05, 4.69) is 24.5 Å². The smallest absolute Gasteiger partial charge is 0.408 e. The summed E-state index contributed by atoms with van der Waals surface area (Å²) in [4.78, 5) is 50.5. The molecule has 0 aliphatic carbocycles. The number of benzene rings is 1. The topological polar surface area (TPSA) is 120 Å². The van der Waals surface area contributed by atoms with Gasteiger partial charge < -0.3 is 24.8 Å². The predicted molar refractivity (Wildman–Crippen MR) is 159 cm³/mol. The molecule has 232 valence electrons. The molecule has 9 nitrogen and oxygen atoms in total. The van der Waals surface area contributed by atoms with Gasteiger partial charge in [0.15, 0.2) is 0 Å². The molecule has 0 aromatic heterocycles. The molecule has 9 heteroatoms. The van der Waals surface area contributed by atoms with E-state index in [1.54, 1.807) is 27.7 Å². The van der Waals surface area contributed by atoms with Crippen LogP contribution in [0.2, 0.25) is 0 Å². The Hall–Kier alpha value is -3.10. The average molecular weight is 577 g/mol. The van der Waals surface area contributed by atoms with Crippen LogP contribution in [0.15, 0.2) is 30.3 Å². The van der Waals surface area contributed by atoms with Crippen molar-refractivity contribution in [2.75, 3.05) is 6.54 Å². The molecular weight excluding hydrogens is 524 g/mol. The minimum absolute atomic E-state index is 0.0685. The third kappa shape index (κ3) is 15.5. The first-order valence-electron chi connectivity index (χ1n) is 14.9. The first kappa shape index (κ1) is 35.9. The number of unbranched alkanes of at least 4 members (excludes halogenated alkanes) is 3. The van der Waals surface area contributed by atoms with Crippen LogP contribution in [0, 0.1) is 17.8 Å². The third-order valence-corrected chi connectivity index (χ3v) is 6.77. The number of amides is 2. The highest BCUT2D eigenvalue weighted by Crippen LogP contribution is 2.27. The van der Waals surface area contributed by atoms with Gasteiger partial charge in [0, 0.05) is 0 Å². The molecule has 1 aromatic rings. The first-order valence-corrected chi connectivity index (χ1v) is 14.9. The van der Waals surface area contributed by atoms with Crippen LogP contribution in [0.4, 0.5) is 4.79 Å². The highest BCUT2D eigenvalue weighted by Gasteiger charge is 2.34. The summed E-state index contributed by atoms with van der Waals surface area (Å²) >= 11 is 0. The lowest BCUT2D eigenvalue weighted by Gasteiger charge is -2.31. The van der Waals surface area contributed by atoms with Gasteiger partial charge in [0.1, 0.15) is 30.9 Å². The van der Waals surface area contributed by atoms with Gasteiger partial charge in [0.25, 0.3) is 0 Å². The summed E-state index contributed by atoms with van der Waals surface area (Å²) in [5.41, 5.74) is 0.153. The maximum absolute atomic E-state index is 13.0.